The lowest BCUT2D eigenvalue weighted by atomic mass is 9.86. The number of hydrogen-bond acceptors (Lipinski definition) is 5. The van der Waals surface area contributed by atoms with E-state index in [0.717, 1.165) is 49.3 Å². The first-order valence-corrected chi connectivity index (χ1v) is 9.17. The molecule has 5 heteroatoms. The van der Waals surface area contributed by atoms with Gasteiger partial charge in [0.1, 0.15) is 0 Å². The van der Waals surface area contributed by atoms with Gasteiger partial charge in [-0.1, -0.05) is 35.8 Å². The van der Waals surface area contributed by atoms with Crippen LogP contribution in [0.1, 0.15) is 65.9 Å². The second-order valence-electron chi connectivity index (χ2n) is 7.07. The molecule has 0 aliphatic carbocycles. The van der Waals surface area contributed by atoms with Gasteiger partial charge >= 0.3 is 0 Å². The third-order valence-corrected chi connectivity index (χ3v) is 5.25. The topological polar surface area (TPSA) is 59.2 Å². The maximum Gasteiger partial charge on any atom is 0.243 e. The summed E-state index contributed by atoms with van der Waals surface area (Å²) in [5, 5.41) is 3.98. The molecule has 2 heterocycles. The van der Waals surface area contributed by atoms with Gasteiger partial charge in [-0.15, -0.1) is 0 Å². The summed E-state index contributed by atoms with van der Waals surface area (Å²) in [6, 6.07) is 6.20. The minimum atomic E-state index is 0.102. The zero-order chi connectivity index (χ0) is 18.0. The van der Waals surface area contributed by atoms with E-state index in [0.29, 0.717) is 5.89 Å². The highest BCUT2D eigenvalue weighted by molar-refractivity contribution is 5.99. The van der Waals surface area contributed by atoms with E-state index in [-0.39, 0.29) is 17.7 Å². The Hall–Kier alpha value is -2.01. The summed E-state index contributed by atoms with van der Waals surface area (Å²) in [6.07, 6.45) is 2.54. The number of benzene rings is 1. The number of aromatic nitrogens is 2. The molecule has 3 rings (SSSR count). The molecule has 1 aliphatic heterocycles. The second kappa shape index (κ2) is 7.48. The van der Waals surface area contributed by atoms with Gasteiger partial charge in [0.2, 0.25) is 5.89 Å². The van der Waals surface area contributed by atoms with Crippen molar-refractivity contribution in [3.63, 3.8) is 0 Å². The van der Waals surface area contributed by atoms with Crippen molar-refractivity contribution in [3.05, 3.63) is 46.6 Å². The van der Waals surface area contributed by atoms with Crippen molar-refractivity contribution >= 4 is 5.78 Å². The number of ketones is 1. The van der Waals surface area contributed by atoms with Gasteiger partial charge in [-0.3, -0.25) is 9.69 Å². The molecule has 25 heavy (non-hydrogen) atoms. The Kier molecular flexibility index (Phi) is 5.33. The number of Topliss-reactive ketones (excluding diaryl/α,β-unsaturated/α-hetero) is 1. The van der Waals surface area contributed by atoms with Crippen molar-refractivity contribution in [2.75, 3.05) is 13.1 Å². The average molecular weight is 341 g/mol. The van der Waals surface area contributed by atoms with Crippen LogP contribution in [0.4, 0.5) is 0 Å². The largest absolute Gasteiger partial charge is 0.338 e. The van der Waals surface area contributed by atoms with E-state index >= 15 is 0 Å². The van der Waals surface area contributed by atoms with Crippen LogP contribution >= 0.6 is 0 Å². The number of carbonyl (C=O) groups is 1. The molecule has 0 radical (unpaired) electrons. The molecule has 1 unspecified atom stereocenters. The summed E-state index contributed by atoms with van der Waals surface area (Å²) in [5.74, 6) is 1.83. The second-order valence-corrected chi connectivity index (χ2v) is 7.07. The Morgan fingerprint density at radius 2 is 2.04 bits per heavy atom. The van der Waals surface area contributed by atoms with E-state index in [9.17, 15) is 4.79 Å². The fraction of sp³-hybridized carbons (Fsp3) is 0.550. The van der Waals surface area contributed by atoms with Crippen molar-refractivity contribution in [1.29, 1.82) is 0 Å². The Bertz CT molecular complexity index is 745. The Labute approximate surface area is 149 Å². The third kappa shape index (κ3) is 3.82. The minimum absolute atomic E-state index is 0.102. The third-order valence-electron chi connectivity index (χ3n) is 5.25. The Morgan fingerprint density at radius 3 is 2.64 bits per heavy atom. The van der Waals surface area contributed by atoms with Gasteiger partial charge in [0, 0.05) is 17.9 Å². The zero-order valence-corrected chi connectivity index (χ0v) is 15.6. The van der Waals surface area contributed by atoms with Crippen LogP contribution in [0, 0.1) is 19.8 Å². The van der Waals surface area contributed by atoms with E-state index in [4.69, 9.17) is 4.52 Å². The summed E-state index contributed by atoms with van der Waals surface area (Å²) in [4.78, 5) is 19.6. The molecular weight excluding hydrogens is 314 g/mol. The van der Waals surface area contributed by atoms with Crippen molar-refractivity contribution in [1.82, 2.24) is 15.0 Å². The first-order valence-electron chi connectivity index (χ1n) is 9.17. The number of likely N-dealkylation sites (tertiary alicyclic amines) is 1. The smallest absolute Gasteiger partial charge is 0.243 e. The summed E-state index contributed by atoms with van der Waals surface area (Å²) < 4.78 is 5.37. The number of hydrogen-bond donors (Lipinski definition) is 0. The maximum absolute atomic E-state index is 12.9. The van der Waals surface area contributed by atoms with Gasteiger partial charge in [-0.05, 0) is 52.3 Å². The van der Waals surface area contributed by atoms with Crippen molar-refractivity contribution in [3.8, 4) is 0 Å². The molecule has 134 valence electrons. The normalized spacial score (nSPS) is 17.6. The van der Waals surface area contributed by atoms with Crippen molar-refractivity contribution < 1.29 is 9.32 Å². The number of aryl methyl sites for hydroxylation is 3. The van der Waals surface area contributed by atoms with Gasteiger partial charge in [0.25, 0.3) is 0 Å². The van der Waals surface area contributed by atoms with Crippen molar-refractivity contribution in [2.45, 2.75) is 53.0 Å². The fourth-order valence-corrected chi connectivity index (χ4v) is 3.60. The number of nitrogens with zero attached hydrogens (tertiary/aromatic N) is 3. The SMILES string of the molecule is CCc1noc(C(C)N2CCC(C(=O)c3ccc(C)cc3C)CC2)n1. The first-order chi connectivity index (χ1) is 12.0. The summed E-state index contributed by atoms with van der Waals surface area (Å²) in [5.41, 5.74) is 3.16. The zero-order valence-electron chi connectivity index (χ0n) is 15.6. The molecule has 2 aromatic rings. The van der Waals surface area contributed by atoms with Crippen LogP contribution in [-0.2, 0) is 6.42 Å². The minimum Gasteiger partial charge on any atom is -0.338 e. The summed E-state index contributed by atoms with van der Waals surface area (Å²) in [6.45, 7) is 9.96. The molecular formula is C20H27N3O2. The van der Waals surface area contributed by atoms with E-state index in [1.807, 2.05) is 26.0 Å². The molecule has 0 amide bonds. The molecule has 0 spiro atoms. The van der Waals surface area contributed by atoms with E-state index in [1.54, 1.807) is 0 Å². The van der Waals surface area contributed by atoms with Crippen molar-refractivity contribution in [2.24, 2.45) is 5.92 Å². The van der Waals surface area contributed by atoms with Crippen LogP contribution in [-0.4, -0.2) is 33.9 Å². The molecule has 1 atom stereocenters. The predicted molar refractivity (Wildman–Crippen MR) is 96.6 cm³/mol. The van der Waals surface area contributed by atoms with E-state index in [2.05, 4.69) is 35.0 Å². The van der Waals surface area contributed by atoms with Crippen LogP contribution in [0.15, 0.2) is 22.7 Å². The number of rotatable bonds is 5. The summed E-state index contributed by atoms with van der Waals surface area (Å²) in [7, 11) is 0. The molecule has 0 N–H and O–H groups in total. The van der Waals surface area contributed by atoms with Crippen LogP contribution in [0.25, 0.3) is 0 Å². The van der Waals surface area contributed by atoms with Gasteiger partial charge in [0.05, 0.1) is 6.04 Å². The highest BCUT2D eigenvalue weighted by Crippen LogP contribution is 2.28. The molecule has 1 saturated heterocycles. The Balaban J connectivity index is 1.62. The predicted octanol–water partition coefficient (Wildman–Crippen LogP) is 3.90. The monoisotopic (exact) mass is 341 g/mol. The van der Waals surface area contributed by atoms with Gasteiger partial charge in [-0.25, -0.2) is 0 Å². The van der Waals surface area contributed by atoms with Crippen LogP contribution < -0.4 is 0 Å². The summed E-state index contributed by atoms with van der Waals surface area (Å²) >= 11 is 0. The van der Waals surface area contributed by atoms with Crippen LogP contribution in [0.3, 0.4) is 0 Å². The quantitative estimate of drug-likeness (QED) is 0.772. The van der Waals surface area contributed by atoms with Gasteiger partial charge in [-0.2, -0.15) is 4.98 Å². The lowest BCUT2D eigenvalue weighted by Gasteiger charge is -2.34. The molecule has 0 bridgehead atoms. The van der Waals surface area contributed by atoms with E-state index < -0.39 is 0 Å². The molecule has 1 aliphatic rings. The number of piperidine rings is 1. The van der Waals surface area contributed by atoms with E-state index in [1.165, 1.54) is 5.56 Å². The fourth-order valence-electron chi connectivity index (χ4n) is 3.60. The standard InChI is InChI=1S/C20H27N3O2/c1-5-18-21-20(25-22-18)15(4)23-10-8-16(9-11-23)19(24)17-7-6-13(2)12-14(17)3/h6-7,12,15-16H,5,8-11H2,1-4H3. The van der Waals surface area contributed by atoms with Crippen LogP contribution in [0.5, 0.6) is 0 Å². The molecule has 1 aromatic carbocycles. The highest BCUT2D eigenvalue weighted by atomic mass is 16.5. The number of carbonyl (C=O) groups excluding carboxylic acids is 1. The Morgan fingerprint density at radius 1 is 1.32 bits per heavy atom. The van der Waals surface area contributed by atoms with Gasteiger partial charge in [0.15, 0.2) is 11.6 Å². The molecule has 5 nitrogen and oxygen atoms in total. The average Bonchev–Trinajstić information content (AvgIpc) is 3.10. The van der Waals surface area contributed by atoms with Crippen LogP contribution in [0.2, 0.25) is 0 Å². The lowest BCUT2D eigenvalue weighted by molar-refractivity contribution is 0.0774. The first kappa shape index (κ1) is 17.8. The lowest BCUT2D eigenvalue weighted by Crippen LogP contribution is -2.38. The molecule has 1 fully saturated rings. The molecule has 0 saturated carbocycles. The maximum atomic E-state index is 12.9. The van der Waals surface area contributed by atoms with Gasteiger partial charge < -0.3 is 4.52 Å². The highest BCUT2D eigenvalue weighted by Gasteiger charge is 2.30. The molecule has 1 aromatic heterocycles.